The number of rotatable bonds is 2. The molecule has 0 bridgehead atoms. The highest BCUT2D eigenvalue weighted by Gasteiger charge is 2.30. The van der Waals surface area contributed by atoms with Crippen LogP contribution in [-0.2, 0) is 5.60 Å². The van der Waals surface area contributed by atoms with Crippen LogP contribution in [0.4, 0.5) is 5.82 Å². The Morgan fingerprint density at radius 1 is 1.37 bits per heavy atom. The Labute approximate surface area is 112 Å². The SMILES string of the molecule is Cc1ccnc(N)c1C(C)(O)c1cccc(C#N)c1. The second-order valence-corrected chi connectivity index (χ2v) is 4.65. The summed E-state index contributed by atoms with van der Waals surface area (Å²) in [5.74, 6) is 0.298. The van der Waals surface area contributed by atoms with Gasteiger partial charge in [-0.25, -0.2) is 4.98 Å². The number of nitriles is 1. The van der Waals surface area contributed by atoms with Gasteiger partial charge in [0.2, 0.25) is 0 Å². The van der Waals surface area contributed by atoms with Crippen molar-refractivity contribution < 1.29 is 5.11 Å². The molecule has 3 N–H and O–H groups in total. The van der Waals surface area contributed by atoms with Crippen molar-refractivity contribution in [2.24, 2.45) is 0 Å². The van der Waals surface area contributed by atoms with Gasteiger partial charge in [0.25, 0.3) is 0 Å². The second-order valence-electron chi connectivity index (χ2n) is 4.65. The van der Waals surface area contributed by atoms with Gasteiger partial charge in [0, 0.05) is 11.8 Å². The number of pyridine rings is 1. The molecule has 4 heteroatoms. The third-order valence-electron chi connectivity index (χ3n) is 3.23. The standard InChI is InChI=1S/C15H15N3O/c1-10-6-7-18-14(17)13(10)15(2,19)12-5-3-4-11(8-12)9-16/h3-8,19H,1-2H3,(H2,17,18). The first-order valence-corrected chi connectivity index (χ1v) is 5.91. The zero-order chi connectivity index (χ0) is 14.0. The first kappa shape index (κ1) is 13.1. The van der Waals surface area contributed by atoms with Crippen molar-refractivity contribution in [3.8, 4) is 6.07 Å². The number of aromatic nitrogens is 1. The van der Waals surface area contributed by atoms with Gasteiger partial charge in [-0.3, -0.25) is 0 Å². The summed E-state index contributed by atoms with van der Waals surface area (Å²) in [4.78, 5) is 4.03. The fourth-order valence-electron chi connectivity index (χ4n) is 2.25. The highest BCUT2D eigenvalue weighted by atomic mass is 16.3. The quantitative estimate of drug-likeness (QED) is 0.858. The Balaban J connectivity index is 2.62. The third kappa shape index (κ3) is 2.28. The van der Waals surface area contributed by atoms with Crippen LogP contribution in [0.15, 0.2) is 36.5 Å². The van der Waals surface area contributed by atoms with E-state index in [0.29, 0.717) is 22.5 Å². The minimum atomic E-state index is -1.28. The molecule has 1 heterocycles. The van der Waals surface area contributed by atoms with Crippen molar-refractivity contribution in [3.63, 3.8) is 0 Å². The molecule has 0 radical (unpaired) electrons. The zero-order valence-corrected chi connectivity index (χ0v) is 10.9. The van der Waals surface area contributed by atoms with Crippen molar-refractivity contribution in [3.05, 3.63) is 58.8 Å². The smallest absolute Gasteiger partial charge is 0.130 e. The monoisotopic (exact) mass is 253 g/mol. The summed E-state index contributed by atoms with van der Waals surface area (Å²) in [6.45, 7) is 3.53. The molecule has 0 amide bonds. The van der Waals surface area contributed by atoms with E-state index in [1.54, 1.807) is 43.5 Å². The average Bonchev–Trinajstić information content (AvgIpc) is 2.38. The Morgan fingerprint density at radius 2 is 2.11 bits per heavy atom. The molecule has 0 aliphatic rings. The molecule has 1 unspecified atom stereocenters. The van der Waals surface area contributed by atoms with Gasteiger partial charge in [0.15, 0.2) is 0 Å². The summed E-state index contributed by atoms with van der Waals surface area (Å²) in [6, 6.07) is 10.7. The van der Waals surface area contributed by atoms with E-state index in [-0.39, 0.29) is 0 Å². The first-order chi connectivity index (χ1) is 8.96. The van der Waals surface area contributed by atoms with Crippen LogP contribution in [0.25, 0.3) is 0 Å². The molecule has 19 heavy (non-hydrogen) atoms. The number of nitrogen functional groups attached to an aromatic ring is 1. The number of hydrogen-bond acceptors (Lipinski definition) is 4. The van der Waals surface area contributed by atoms with Crippen LogP contribution in [0.5, 0.6) is 0 Å². The summed E-state index contributed by atoms with van der Waals surface area (Å²) >= 11 is 0. The van der Waals surface area contributed by atoms with Crippen LogP contribution >= 0.6 is 0 Å². The van der Waals surface area contributed by atoms with Crippen LogP contribution < -0.4 is 5.73 Å². The van der Waals surface area contributed by atoms with E-state index in [2.05, 4.69) is 11.1 Å². The van der Waals surface area contributed by atoms with E-state index in [1.165, 1.54) is 0 Å². The molecule has 1 atom stereocenters. The topological polar surface area (TPSA) is 82.9 Å². The maximum absolute atomic E-state index is 10.8. The molecule has 1 aromatic heterocycles. The van der Waals surface area contributed by atoms with E-state index >= 15 is 0 Å². The average molecular weight is 253 g/mol. The molecule has 0 fully saturated rings. The van der Waals surface area contributed by atoms with Crippen molar-refractivity contribution in [2.75, 3.05) is 5.73 Å². The molecule has 0 aliphatic heterocycles. The Hall–Kier alpha value is -2.38. The van der Waals surface area contributed by atoms with Gasteiger partial charge in [-0.15, -0.1) is 0 Å². The highest BCUT2D eigenvalue weighted by Crippen LogP contribution is 2.34. The third-order valence-corrected chi connectivity index (χ3v) is 3.23. The number of aryl methyl sites for hydroxylation is 1. The van der Waals surface area contributed by atoms with E-state index in [0.717, 1.165) is 5.56 Å². The molecule has 0 aliphatic carbocycles. The second kappa shape index (κ2) is 4.71. The Morgan fingerprint density at radius 3 is 2.74 bits per heavy atom. The van der Waals surface area contributed by atoms with Crippen LogP contribution in [0, 0.1) is 18.3 Å². The molecule has 2 rings (SSSR count). The van der Waals surface area contributed by atoms with E-state index in [1.807, 2.05) is 6.92 Å². The van der Waals surface area contributed by atoms with Crippen LogP contribution in [0.1, 0.15) is 29.2 Å². The fourth-order valence-corrected chi connectivity index (χ4v) is 2.25. The molecule has 1 aromatic carbocycles. The lowest BCUT2D eigenvalue weighted by atomic mass is 9.85. The van der Waals surface area contributed by atoms with Gasteiger partial charge in [0.05, 0.1) is 11.6 Å². The molecule has 0 saturated carbocycles. The number of nitrogens with two attached hydrogens (primary N) is 1. The van der Waals surface area contributed by atoms with Gasteiger partial charge < -0.3 is 10.8 Å². The maximum Gasteiger partial charge on any atom is 0.130 e. The summed E-state index contributed by atoms with van der Waals surface area (Å²) < 4.78 is 0. The van der Waals surface area contributed by atoms with Crippen molar-refractivity contribution in [1.29, 1.82) is 5.26 Å². The zero-order valence-electron chi connectivity index (χ0n) is 10.9. The molecular weight excluding hydrogens is 238 g/mol. The summed E-state index contributed by atoms with van der Waals surface area (Å²) in [7, 11) is 0. The number of aliphatic hydroxyl groups is 1. The minimum absolute atomic E-state index is 0.298. The Bertz CT molecular complexity index is 636. The normalized spacial score (nSPS) is 13.6. The van der Waals surface area contributed by atoms with Gasteiger partial charge in [-0.2, -0.15) is 5.26 Å². The predicted octanol–water partition coefficient (Wildman–Crippen LogP) is 2.10. The van der Waals surface area contributed by atoms with E-state index in [4.69, 9.17) is 11.0 Å². The molecular formula is C15H15N3O. The number of anilines is 1. The fraction of sp³-hybridized carbons (Fsp3) is 0.200. The lowest BCUT2D eigenvalue weighted by Crippen LogP contribution is -2.26. The van der Waals surface area contributed by atoms with E-state index < -0.39 is 5.60 Å². The molecule has 2 aromatic rings. The molecule has 0 saturated heterocycles. The molecule has 4 nitrogen and oxygen atoms in total. The number of nitrogens with zero attached hydrogens (tertiary/aromatic N) is 2. The van der Waals surface area contributed by atoms with Crippen molar-refractivity contribution in [1.82, 2.24) is 4.98 Å². The lowest BCUT2D eigenvalue weighted by Gasteiger charge is -2.27. The summed E-state index contributed by atoms with van der Waals surface area (Å²) in [5, 5.41) is 19.7. The van der Waals surface area contributed by atoms with E-state index in [9.17, 15) is 5.11 Å². The molecule has 0 spiro atoms. The summed E-state index contributed by atoms with van der Waals surface area (Å²) in [6.07, 6.45) is 1.61. The number of benzene rings is 1. The van der Waals surface area contributed by atoms with Crippen LogP contribution in [0.3, 0.4) is 0 Å². The predicted molar refractivity (Wildman–Crippen MR) is 73.2 cm³/mol. The van der Waals surface area contributed by atoms with Crippen molar-refractivity contribution >= 4 is 5.82 Å². The highest BCUT2D eigenvalue weighted by molar-refractivity contribution is 5.52. The summed E-state index contributed by atoms with van der Waals surface area (Å²) in [5.41, 5.74) is 7.15. The molecule has 96 valence electrons. The van der Waals surface area contributed by atoms with Gasteiger partial charge >= 0.3 is 0 Å². The van der Waals surface area contributed by atoms with Gasteiger partial charge in [0.1, 0.15) is 11.4 Å². The number of hydrogen-bond donors (Lipinski definition) is 2. The maximum atomic E-state index is 10.8. The largest absolute Gasteiger partial charge is 0.383 e. The van der Waals surface area contributed by atoms with Gasteiger partial charge in [-0.05, 0) is 43.2 Å². The van der Waals surface area contributed by atoms with Crippen LogP contribution in [-0.4, -0.2) is 10.1 Å². The van der Waals surface area contributed by atoms with Crippen molar-refractivity contribution in [2.45, 2.75) is 19.4 Å². The Kier molecular flexibility index (Phi) is 3.24. The van der Waals surface area contributed by atoms with Crippen LogP contribution in [0.2, 0.25) is 0 Å². The minimum Gasteiger partial charge on any atom is -0.383 e. The first-order valence-electron chi connectivity index (χ1n) is 5.91. The lowest BCUT2D eigenvalue weighted by molar-refractivity contribution is 0.102. The van der Waals surface area contributed by atoms with Gasteiger partial charge in [-0.1, -0.05) is 12.1 Å².